The highest BCUT2D eigenvalue weighted by atomic mass is 35.5. The number of carbonyl (C=O) groups excluding carboxylic acids is 1. The Morgan fingerprint density at radius 2 is 1.61 bits per heavy atom. The molecule has 1 amide bonds. The lowest BCUT2D eigenvalue weighted by Crippen LogP contribution is -2.49. The fourth-order valence-corrected chi connectivity index (χ4v) is 3.40. The van der Waals surface area contributed by atoms with Gasteiger partial charge >= 0.3 is 5.97 Å². The summed E-state index contributed by atoms with van der Waals surface area (Å²) in [5, 5.41) is 14.4. The van der Waals surface area contributed by atoms with Crippen LogP contribution < -0.4 is 14.8 Å². The molecule has 162 valence electrons. The number of fused-ring (bicyclic) bond motifs is 1. The highest BCUT2D eigenvalue weighted by molar-refractivity contribution is 6.34. The number of carbonyl (C=O) groups is 2. The minimum Gasteiger partial charge on any atom is -0.490 e. The molecular formula is C23H21Cl2NO5. The number of carboxylic acid groups (broad SMARTS) is 1. The topological polar surface area (TPSA) is 84.9 Å². The third kappa shape index (κ3) is 5.60. The van der Waals surface area contributed by atoms with E-state index in [4.69, 9.17) is 32.7 Å². The second-order valence-corrected chi connectivity index (χ2v) is 8.22. The molecule has 0 aliphatic heterocycles. The van der Waals surface area contributed by atoms with E-state index in [1.54, 1.807) is 30.3 Å². The summed E-state index contributed by atoms with van der Waals surface area (Å²) in [5.74, 6) is -0.835. The molecule has 8 heteroatoms. The average molecular weight is 462 g/mol. The number of rotatable bonds is 8. The molecule has 0 saturated carbocycles. The van der Waals surface area contributed by atoms with Gasteiger partial charge in [-0.25, -0.2) is 4.79 Å². The number of halogens is 2. The van der Waals surface area contributed by atoms with Gasteiger partial charge in [0.05, 0.1) is 5.56 Å². The summed E-state index contributed by atoms with van der Waals surface area (Å²) < 4.78 is 11.6. The van der Waals surface area contributed by atoms with Crippen LogP contribution in [0.5, 0.6) is 11.5 Å². The molecule has 3 aromatic rings. The first-order valence-corrected chi connectivity index (χ1v) is 10.2. The van der Waals surface area contributed by atoms with Crippen LogP contribution in [0.4, 0.5) is 0 Å². The Morgan fingerprint density at radius 1 is 0.968 bits per heavy atom. The van der Waals surface area contributed by atoms with Gasteiger partial charge in [0.1, 0.15) is 30.3 Å². The molecule has 0 spiro atoms. The number of nitrogens with one attached hydrogen (secondary N) is 1. The maximum absolute atomic E-state index is 12.8. The lowest BCUT2D eigenvalue weighted by atomic mass is 10.0. The second kappa shape index (κ2) is 9.45. The highest BCUT2D eigenvalue weighted by Crippen LogP contribution is 2.30. The van der Waals surface area contributed by atoms with Crippen LogP contribution in [0, 0.1) is 0 Å². The van der Waals surface area contributed by atoms with Crippen molar-refractivity contribution in [2.24, 2.45) is 0 Å². The van der Waals surface area contributed by atoms with Crippen molar-refractivity contribution in [1.29, 1.82) is 0 Å². The second-order valence-electron chi connectivity index (χ2n) is 7.35. The molecule has 31 heavy (non-hydrogen) atoms. The Labute approximate surface area is 189 Å². The molecule has 2 N–H and O–H groups in total. The van der Waals surface area contributed by atoms with Gasteiger partial charge in [0, 0.05) is 15.4 Å². The summed E-state index contributed by atoms with van der Waals surface area (Å²) >= 11 is 11.9. The van der Waals surface area contributed by atoms with Crippen LogP contribution in [0.3, 0.4) is 0 Å². The van der Waals surface area contributed by atoms with Gasteiger partial charge in [-0.2, -0.15) is 0 Å². The zero-order valence-corrected chi connectivity index (χ0v) is 18.5. The summed E-state index contributed by atoms with van der Waals surface area (Å²) in [6.45, 7) is 3.15. The zero-order valence-electron chi connectivity index (χ0n) is 16.9. The Balaban J connectivity index is 1.81. The molecule has 0 heterocycles. The summed E-state index contributed by atoms with van der Waals surface area (Å²) in [6.07, 6.45) is 0. The van der Waals surface area contributed by atoms with Gasteiger partial charge in [-0.15, -0.1) is 0 Å². The van der Waals surface area contributed by atoms with Crippen molar-refractivity contribution < 1.29 is 24.2 Å². The van der Waals surface area contributed by atoms with Gasteiger partial charge in [0.15, 0.2) is 0 Å². The minimum absolute atomic E-state index is 0.140. The number of amides is 1. The quantitative estimate of drug-likeness (QED) is 0.450. The molecule has 0 aromatic heterocycles. The van der Waals surface area contributed by atoms with Crippen molar-refractivity contribution in [2.45, 2.75) is 19.4 Å². The van der Waals surface area contributed by atoms with E-state index in [1.165, 1.54) is 13.8 Å². The van der Waals surface area contributed by atoms with Crippen LogP contribution in [0.15, 0.2) is 54.6 Å². The third-order valence-corrected chi connectivity index (χ3v) is 4.96. The number of aliphatic carboxylic acids is 1. The zero-order chi connectivity index (χ0) is 22.6. The first kappa shape index (κ1) is 22.7. The van der Waals surface area contributed by atoms with Crippen LogP contribution in [-0.4, -0.2) is 35.7 Å². The van der Waals surface area contributed by atoms with Crippen LogP contribution in [-0.2, 0) is 4.79 Å². The summed E-state index contributed by atoms with van der Waals surface area (Å²) in [7, 11) is 0. The van der Waals surface area contributed by atoms with E-state index in [1.807, 2.05) is 24.3 Å². The molecule has 3 rings (SSSR count). The van der Waals surface area contributed by atoms with E-state index in [0.29, 0.717) is 21.5 Å². The van der Waals surface area contributed by atoms with E-state index in [2.05, 4.69) is 5.32 Å². The molecular weight excluding hydrogens is 441 g/mol. The van der Waals surface area contributed by atoms with Gasteiger partial charge in [-0.3, -0.25) is 4.79 Å². The third-order valence-electron chi connectivity index (χ3n) is 4.52. The normalized spacial score (nSPS) is 11.2. The fraction of sp³-hybridized carbons (Fsp3) is 0.217. The highest BCUT2D eigenvalue weighted by Gasteiger charge is 2.30. The molecule has 0 unspecified atom stereocenters. The van der Waals surface area contributed by atoms with E-state index in [-0.39, 0.29) is 18.8 Å². The largest absolute Gasteiger partial charge is 0.490 e. The van der Waals surface area contributed by atoms with E-state index in [0.717, 1.165) is 10.8 Å². The molecule has 0 saturated heterocycles. The van der Waals surface area contributed by atoms with Crippen molar-refractivity contribution in [3.8, 4) is 11.5 Å². The average Bonchev–Trinajstić information content (AvgIpc) is 2.69. The number of ether oxygens (including phenoxy) is 2. The molecule has 0 aliphatic rings. The maximum atomic E-state index is 12.8. The first-order valence-electron chi connectivity index (χ1n) is 9.47. The van der Waals surface area contributed by atoms with E-state index in [9.17, 15) is 14.7 Å². The van der Waals surface area contributed by atoms with Crippen LogP contribution in [0.25, 0.3) is 10.8 Å². The number of hydrogen-bond acceptors (Lipinski definition) is 4. The lowest BCUT2D eigenvalue weighted by Gasteiger charge is -2.22. The Bertz CT molecular complexity index is 1110. The van der Waals surface area contributed by atoms with Gasteiger partial charge in [-0.1, -0.05) is 53.5 Å². The Kier molecular flexibility index (Phi) is 6.93. The lowest BCUT2D eigenvalue weighted by molar-refractivity contribution is -0.143. The molecule has 0 fully saturated rings. The summed E-state index contributed by atoms with van der Waals surface area (Å²) in [5.41, 5.74) is -1.20. The molecule has 3 aromatic carbocycles. The smallest absolute Gasteiger partial charge is 0.328 e. The predicted octanol–water partition coefficient (Wildman–Crippen LogP) is 5.20. The molecule has 0 radical (unpaired) electrons. The van der Waals surface area contributed by atoms with E-state index < -0.39 is 17.4 Å². The minimum atomic E-state index is -1.44. The van der Waals surface area contributed by atoms with Crippen LogP contribution >= 0.6 is 23.2 Å². The molecule has 6 nitrogen and oxygen atoms in total. The predicted molar refractivity (Wildman–Crippen MR) is 121 cm³/mol. The summed E-state index contributed by atoms with van der Waals surface area (Å²) in [6, 6.07) is 15.7. The van der Waals surface area contributed by atoms with Gasteiger partial charge in [0.25, 0.3) is 5.91 Å². The van der Waals surface area contributed by atoms with Gasteiger partial charge in [-0.05, 0) is 43.5 Å². The van der Waals surface area contributed by atoms with Crippen molar-refractivity contribution >= 4 is 45.9 Å². The Morgan fingerprint density at radius 3 is 2.29 bits per heavy atom. The molecule has 0 bridgehead atoms. The van der Waals surface area contributed by atoms with Gasteiger partial charge < -0.3 is 19.9 Å². The molecule has 0 aliphatic carbocycles. The number of carboxylic acids is 1. The monoisotopic (exact) mass is 461 g/mol. The fourth-order valence-electron chi connectivity index (χ4n) is 2.90. The van der Waals surface area contributed by atoms with Crippen molar-refractivity contribution in [2.75, 3.05) is 13.2 Å². The van der Waals surface area contributed by atoms with Crippen molar-refractivity contribution in [3.63, 3.8) is 0 Å². The van der Waals surface area contributed by atoms with Crippen LogP contribution in [0.2, 0.25) is 10.0 Å². The first-order chi connectivity index (χ1) is 14.7. The molecule has 0 atom stereocenters. The van der Waals surface area contributed by atoms with Crippen LogP contribution in [0.1, 0.15) is 24.2 Å². The van der Waals surface area contributed by atoms with Crippen molar-refractivity contribution in [3.05, 3.63) is 70.2 Å². The van der Waals surface area contributed by atoms with Crippen molar-refractivity contribution in [1.82, 2.24) is 5.32 Å². The van der Waals surface area contributed by atoms with E-state index >= 15 is 0 Å². The maximum Gasteiger partial charge on any atom is 0.328 e. The SMILES string of the molecule is CC(C)(NC(=O)c1ccc2ccccc2c1OCCOc1cc(Cl)cc(Cl)c1)C(=O)O. The standard InChI is InChI=1S/C23H21Cl2NO5/c1-23(2,22(28)29)26-21(27)19-8-7-14-5-3-4-6-18(14)20(19)31-10-9-30-17-12-15(24)11-16(25)13-17/h3-8,11-13H,9-10H2,1-2H3,(H,26,27)(H,28,29). The Hall–Kier alpha value is -2.96. The van der Waals surface area contributed by atoms with Gasteiger partial charge in [0.2, 0.25) is 0 Å². The number of benzene rings is 3. The number of hydrogen-bond donors (Lipinski definition) is 2. The summed E-state index contributed by atoms with van der Waals surface area (Å²) in [4.78, 5) is 24.2.